The number of nitrogens with one attached hydrogen (secondary N) is 1. The van der Waals surface area contributed by atoms with Gasteiger partial charge >= 0.3 is 6.18 Å². The molecule has 3 nitrogen and oxygen atoms in total. The number of hydrogen-bond acceptors (Lipinski definition) is 2. The number of hydrogen-bond donors (Lipinski definition) is 1. The van der Waals surface area contributed by atoms with Crippen LogP contribution in [0.2, 0.25) is 5.02 Å². The van der Waals surface area contributed by atoms with Crippen LogP contribution in [0, 0.1) is 5.82 Å². The highest BCUT2D eigenvalue weighted by molar-refractivity contribution is 6.32. The van der Waals surface area contributed by atoms with Gasteiger partial charge in [0.25, 0.3) is 5.91 Å². The number of benzodiazepines with no additional fused rings is 1. The van der Waals surface area contributed by atoms with E-state index in [0.717, 1.165) is 6.07 Å². The van der Waals surface area contributed by atoms with Gasteiger partial charge in [0.1, 0.15) is 5.82 Å². The van der Waals surface area contributed by atoms with Crippen LogP contribution in [0.1, 0.15) is 11.1 Å². The van der Waals surface area contributed by atoms with Crippen molar-refractivity contribution in [3.8, 4) is 0 Å². The smallest absolute Gasteiger partial charge is 0.323 e. The normalized spacial score (nSPS) is 17.6. The largest absolute Gasteiger partial charge is 0.419 e. The summed E-state index contributed by atoms with van der Waals surface area (Å²) in [6.45, 7) is 0. The Bertz CT molecular complexity index is 848. The second kappa shape index (κ2) is 5.90. The Kier molecular flexibility index (Phi) is 4.04. The molecule has 0 spiro atoms. The molecule has 0 radical (unpaired) electrons. The molecule has 24 heavy (non-hydrogen) atoms. The number of aliphatic imine (C=N–C) groups is 1. The fourth-order valence-corrected chi connectivity index (χ4v) is 2.54. The Morgan fingerprint density at radius 1 is 1.08 bits per heavy atom. The van der Waals surface area contributed by atoms with Gasteiger partial charge in [0.15, 0.2) is 0 Å². The zero-order valence-corrected chi connectivity index (χ0v) is 12.6. The molecule has 1 amide bonds. The first-order valence-electron chi connectivity index (χ1n) is 6.77. The lowest BCUT2D eigenvalue weighted by atomic mass is 10.00. The number of carbonyl (C=O) groups excluding carboxylic acids is 1. The summed E-state index contributed by atoms with van der Waals surface area (Å²) in [6.07, 6.45) is -4.91. The first-order chi connectivity index (χ1) is 11.3. The van der Waals surface area contributed by atoms with Gasteiger partial charge < -0.3 is 5.32 Å². The lowest BCUT2D eigenvalue weighted by Crippen LogP contribution is -2.38. The molecule has 0 saturated carbocycles. The van der Waals surface area contributed by atoms with E-state index in [9.17, 15) is 22.4 Å². The van der Waals surface area contributed by atoms with E-state index in [1.807, 2.05) is 0 Å². The highest BCUT2D eigenvalue weighted by atomic mass is 35.5. The van der Waals surface area contributed by atoms with Gasteiger partial charge in [-0.2, -0.15) is 13.2 Å². The Morgan fingerprint density at radius 3 is 2.46 bits per heavy atom. The predicted molar refractivity (Wildman–Crippen MR) is 82.0 cm³/mol. The first kappa shape index (κ1) is 16.4. The van der Waals surface area contributed by atoms with Gasteiger partial charge in [-0.1, -0.05) is 23.7 Å². The topological polar surface area (TPSA) is 41.5 Å². The van der Waals surface area contributed by atoms with Crippen LogP contribution in [0.25, 0.3) is 0 Å². The maximum atomic E-state index is 14.1. The second-order valence-corrected chi connectivity index (χ2v) is 5.52. The number of alkyl halides is 3. The lowest BCUT2D eigenvalue weighted by Gasteiger charge is -2.14. The molecule has 1 aliphatic heterocycles. The molecule has 0 unspecified atom stereocenters. The van der Waals surface area contributed by atoms with Crippen molar-refractivity contribution in [3.05, 3.63) is 64.4 Å². The summed E-state index contributed by atoms with van der Waals surface area (Å²) >= 11 is 5.90. The van der Waals surface area contributed by atoms with Crippen LogP contribution in [0.4, 0.5) is 23.2 Å². The Morgan fingerprint density at radius 2 is 1.79 bits per heavy atom. The van der Waals surface area contributed by atoms with Crippen molar-refractivity contribution in [2.75, 3.05) is 5.32 Å². The Labute approximate surface area is 139 Å². The molecule has 2 aromatic carbocycles. The van der Waals surface area contributed by atoms with Crippen LogP contribution in [-0.2, 0) is 4.79 Å². The second-order valence-electron chi connectivity index (χ2n) is 5.08. The molecule has 1 N–H and O–H groups in total. The first-order valence-corrected chi connectivity index (χ1v) is 7.15. The van der Waals surface area contributed by atoms with E-state index in [0.29, 0.717) is 0 Å². The summed E-state index contributed by atoms with van der Waals surface area (Å²) < 4.78 is 53.7. The third kappa shape index (κ3) is 2.99. The molecule has 0 bridgehead atoms. The minimum atomic E-state index is -4.91. The average molecular weight is 357 g/mol. The van der Waals surface area contributed by atoms with E-state index < -0.39 is 23.9 Å². The number of anilines is 1. The van der Waals surface area contributed by atoms with Gasteiger partial charge in [-0.25, -0.2) is 4.39 Å². The molecule has 1 atom stereocenters. The van der Waals surface area contributed by atoms with Crippen LogP contribution >= 0.6 is 11.6 Å². The summed E-state index contributed by atoms with van der Waals surface area (Å²) in [5.41, 5.74) is -0.233. The summed E-state index contributed by atoms with van der Waals surface area (Å²) in [7, 11) is 0. The molecular formula is C16H9ClF4N2O. The van der Waals surface area contributed by atoms with E-state index in [1.165, 1.54) is 36.4 Å². The van der Waals surface area contributed by atoms with Crippen molar-refractivity contribution in [1.29, 1.82) is 0 Å². The van der Waals surface area contributed by atoms with E-state index in [-0.39, 0.29) is 27.5 Å². The molecule has 0 aromatic heterocycles. The van der Waals surface area contributed by atoms with E-state index >= 15 is 0 Å². The summed E-state index contributed by atoms with van der Waals surface area (Å²) in [6, 6.07) is 6.72. The van der Waals surface area contributed by atoms with Crippen LogP contribution in [0.3, 0.4) is 0 Å². The van der Waals surface area contributed by atoms with E-state index in [2.05, 4.69) is 10.3 Å². The van der Waals surface area contributed by atoms with Crippen molar-refractivity contribution in [3.63, 3.8) is 0 Å². The average Bonchev–Trinajstić information content (AvgIpc) is 2.64. The number of amides is 1. The minimum absolute atomic E-state index is 0.0816. The predicted octanol–water partition coefficient (Wildman–Crippen LogP) is 4.20. The lowest BCUT2D eigenvalue weighted by molar-refractivity contribution is -0.158. The minimum Gasteiger partial charge on any atom is -0.323 e. The molecule has 3 rings (SSSR count). The van der Waals surface area contributed by atoms with E-state index in [1.54, 1.807) is 0 Å². The number of halogens is 5. The number of carbonyl (C=O) groups is 1. The number of rotatable bonds is 1. The molecule has 2 aromatic rings. The molecule has 0 fully saturated rings. The third-order valence-corrected chi connectivity index (χ3v) is 3.68. The molecule has 8 heteroatoms. The molecule has 1 aliphatic rings. The molecule has 124 valence electrons. The monoisotopic (exact) mass is 356 g/mol. The standard InChI is InChI=1S/C16H9ClF4N2O/c17-8-5-6-12-10(7-8)13(9-3-1-2-4-11(9)18)23-14(15(24)22-12)16(19,20)21/h1-7,14H,(H,22,24)/t14-/m1/s1. The maximum Gasteiger partial charge on any atom is 0.419 e. The zero-order chi connectivity index (χ0) is 17.5. The van der Waals surface area contributed by atoms with Gasteiger partial charge in [0.05, 0.1) is 11.4 Å². The van der Waals surface area contributed by atoms with Crippen LogP contribution in [0.5, 0.6) is 0 Å². The maximum absolute atomic E-state index is 14.1. The Hall–Kier alpha value is -2.41. The van der Waals surface area contributed by atoms with Gasteiger partial charge in [0, 0.05) is 16.1 Å². The highest BCUT2D eigenvalue weighted by Gasteiger charge is 2.46. The van der Waals surface area contributed by atoms with Crippen LogP contribution in [0.15, 0.2) is 47.5 Å². The number of fused-ring (bicyclic) bond motifs is 1. The highest BCUT2D eigenvalue weighted by Crippen LogP contribution is 2.32. The zero-order valence-electron chi connectivity index (χ0n) is 11.9. The Balaban J connectivity index is 2.29. The van der Waals surface area contributed by atoms with Crippen molar-refractivity contribution >= 4 is 28.9 Å². The van der Waals surface area contributed by atoms with Crippen molar-refractivity contribution in [2.45, 2.75) is 12.2 Å². The van der Waals surface area contributed by atoms with Crippen molar-refractivity contribution in [2.24, 2.45) is 4.99 Å². The van der Waals surface area contributed by atoms with Crippen molar-refractivity contribution in [1.82, 2.24) is 0 Å². The molecular weight excluding hydrogens is 348 g/mol. The molecule has 0 saturated heterocycles. The number of nitrogens with zero attached hydrogens (tertiary/aromatic N) is 1. The summed E-state index contributed by atoms with van der Waals surface area (Å²) in [4.78, 5) is 15.4. The van der Waals surface area contributed by atoms with Gasteiger partial charge in [-0.15, -0.1) is 0 Å². The fourth-order valence-electron chi connectivity index (χ4n) is 2.37. The molecule has 0 aliphatic carbocycles. The quantitative estimate of drug-likeness (QED) is 0.764. The number of benzene rings is 2. The summed E-state index contributed by atoms with van der Waals surface area (Å²) in [5.74, 6) is -2.09. The van der Waals surface area contributed by atoms with Crippen LogP contribution in [-0.4, -0.2) is 23.8 Å². The van der Waals surface area contributed by atoms with Gasteiger partial charge in [-0.3, -0.25) is 9.79 Å². The fraction of sp³-hybridized carbons (Fsp3) is 0.125. The van der Waals surface area contributed by atoms with Gasteiger partial charge in [0.2, 0.25) is 6.04 Å². The van der Waals surface area contributed by atoms with Gasteiger partial charge in [-0.05, 0) is 30.3 Å². The van der Waals surface area contributed by atoms with E-state index in [4.69, 9.17) is 11.6 Å². The summed E-state index contributed by atoms with van der Waals surface area (Å²) in [5, 5.41) is 2.39. The SMILES string of the molecule is O=C1Nc2ccc(Cl)cc2C(c2ccccc2F)=N[C@H]1C(F)(F)F. The van der Waals surface area contributed by atoms with Crippen LogP contribution < -0.4 is 5.32 Å². The third-order valence-electron chi connectivity index (χ3n) is 3.44. The molecule has 1 heterocycles. The van der Waals surface area contributed by atoms with Crippen molar-refractivity contribution < 1.29 is 22.4 Å².